The number of nitrogens with zero attached hydrogens (tertiary/aromatic N) is 1. The van der Waals surface area contributed by atoms with Crippen LogP contribution in [-0.2, 0) is 9.59 Å². The number of ketones is 1. The van der Waals surface area contributed by atoms with Crippen LogP contribution in [-0.4, -0.2) is 17.4 Å². The first kappa shape index (κ1) is 18.5. The van der Waals surface area contributed by atoms with Gasteiger partial charge in [0.15, 0.2) is 5.78 Å². The van der Waals surface area contributed by atoms with E-state index < -0.39 is 12.0 Å². The van der Waals surface area contributed by atoms with E-state index in [1.165, 1.54) is 0 Å². The molecule has 1 aliphatic rings. The minimum absolute atomic E-state index is 0.00582. The van der Waals surface area contributed by atoms with Crippen molar-refractivity contribution in [2.45, 2.75) is 17.4 Å². The molecule has 0 saturated carbocycles. The van der Waals surface area contributed by atoms with Gasteiger partial charge in [-0.3, -0.25) is 14.5 Å². The van der Waals surface area contributed by atoms with E-state index in [0.717, 1.165) is 21.9 Å². The van der Waals surface area contributed by atoms with Gasteiger partial charge in [-0.2, -0.15) is 0 Å². The number of Topliss-reactive ketones (excluding diaryl/α,β-unsaturated/α-hetero) is 1. The number of carbonyl (C=O) groups is 2. The molecule has 2 atom stereocenters. The van der Waals surface area contributed by atoms with Crippen molar-refractivity contribution in [3.05, 3.63) is 96.6 Å². The largest absolute Gasteiger partial charge is 0.297 e. The summed E-state index contributed by atoms with van der Waals surface area (Å²) in [6.45, 7) is 0. The van der Waals surface area contributed by atoms with Crippen molar-refractivity contribution in [3.8, 4) is 0 Å². The van der Waals surface area contributed by atoms with Gasteiger partial charge >= 0.3 is 0 Å². The van der Waals surface area contributed by atoms with E-state index in [9.17, 15) is 9.59 Å². The Morgan fingerprint density at radius 3 is 1.96 bits per heavy atom. The molecule has 3 nitrogen and oxygen atoms in total. The zero-order valence-corrected chi connectivity index (χ0v) is 16.2. The van der Waals surface area contributed by atoms with Crippen LogP contribution in [0.5, 0.6) is 0 Å². The Kier molecular flexibility index (Phi) is 5.58. The van der Waals surface area contributed by atoms with E-state index in [1.54, 1.807) is 16.7 Å². The number of thioether (sulfide) groups is 1. The molecule has 3 aromatic rings. The van der Waals surface area contributed by atoms with Crippen molar-refractivity contribution in [2.75, 3.05) is 10.7 Å². The van der Waals surface area contributed by atoms with E-state index in [-0.39, 0.29) is 11.7 Å². The van der Waals surface area contributed by atoms with Gasteiger partial charge in [-0.15, -0.1) is 11.8 Å². The van der Waals surface area contributed by atoms with Crippen molar-refractivity contribution in [2.24, 2.45) is 5.92 Å². The van der Waals surface area contributed by atoms with E-state index in [1.807, 2.05) is 91.0 Å². The molecule has 3 aromatic carbocycles. The molecule has 1 aliphatic heterocycles. The quantitative estimate of drug-likeness (QED) is 0.434. The molecule has 1 saturated heterocycles. The second-order valence-corrected chi connectivity index (χ2v) is 7.93. The lowest BCUT2D eigenvalue weighted by Gasteiger charge is -2.24. The minimum Gasteiger partial charge on any atom is -0.297 e. The van der Waals surface area contributed by atoms with Crippen molar-refractivity contribution in [1.29, 1.82) is 0 Å². The highest BCUT2D eigenvalue weighted by molar-refractivity contribution is 7.99. The summed E-state index contributed by atoms with van der Waals surface area (Å²) in [5, 5.41) is 0. The molecular formula is C24H21NO2S. The van der Waals surface area contributed by atoms with Crippen molar-refractivity contribution in [1.82, 2.24) is 0 Å². The van der Waals surface area contributed by atoms with Crippen LogP contribution in [0.2, 0.25) is 0 Å². The summed E-state index contributed by atoms with van der Waals surface area (Å²) >= 11 is 1.68. The fraction of sp³-hybridized carbons (Fsp3) is 0.167. The molecule has 4 rings (SSSR count). The van der Waals surface area contributed by atoms with E-state index in [0.29, 0.717) is 6.42 Å². The van der Waals surface area contributed by atoms with Gasteiger partial charge in [0.05, 0.1) is 0 Å². The Morgan fingerprint density at radius 2 is 1.32 bits per heavy atom. The van der Waals surface area contributed by atoms with Crippen LogP contribution in [0, 0.1) is 5.92 Å². The van der Waals surface area contributed by atoms with Crippen molar-refractivity contribution >= 4 is 29.1 Å². The predicted molar refractivity (Wildman–Crippen MR) is 113 cm³/mol. The number of benzene rings is 3. The highest BCUT2D eigenvalue weighted by Gasteiger charge is 2.47. The molecule has 28 heavy (non-hydrogen) atoms. The number of hydrogen-bond donors (Lipinski definition) is 0. The lowest BCUT2D eigenvalue weighted by molar-refractivity contribution is -0.127. The molecule has 0 N–H and O–H groups in total. The lowest BCUT2D eigenvalue weighted by atomic mass is 9.96. The van der Waals surface area contributed by atoms with Crippen molar-refractivity contribution < 1.29 is 9.59 Å². The molecule has 1 amide bonds. The van der Waals surface area contributed by atoms with Gasteiger partial charge in [0.1, 0.15) is 12.0 Å². The normalized spacial score (nSPS) is 19.2. The first-order valence-corrected chi connectivity index (χ1v) is 10.4. The maximum Gasteiger partial charge on any atom is 0.238 e. The highest BCUT2D eigenvalue weighted by Crippen LogP contribution is 2.39. The van der Waals surface area contributed by atoms with Crippen LogP contribution in [0.15, 0.2) is 95.9 Å². The Balaban J connectivity index is 1.58. The maximum absolute atomic E-state index is 13.3. The van der Waals surface area contributed by atoms with E-state index >= 15 is 0 Å². The molecule has 1 heterocycles. The van der Waals surface area contributed by atoms with Gasteiger partial charge in [0.2, 0.25) is 5.91 Å². The van der Waals surface area contributed by atoms with Gasteiger partial charge in [-0.1, -0.05) is 66.7 Å². The summed E-state index contributed by atoms with van der Waals surface area (Å²) in [4.78, 5) is 29.3. The zero-order chi connectivity index (χ0) is 19.3. The Morgan fingerprint density at radius 1 is 0.750 bits per heavy atom. The van der Waals surface area contributed by atoms with Crippen LogP contribution >= 0.6 is 11.8 Å². The summed E-state index contributed by atoms with van der Waals surface area (Å²) in [7, 11) is 0. The van der Waals surface area contributed by atoms with Crippen LogP contribution in [0.3, 0.4) is 0 Å². The number of amides is 1. The summed E-state index contributed by atoms with van der Waals surface area (Å²) < 4.78 is 0. The fourth-order valence-corrected chi connectivity index (χ4v) is 4.56. The molecule has 0 aliphatic carbocycles. The topological polar surface area (TPSA) is 37.4 Å². The molecule has 0 bridgehead atoms. The summed E-state index contributed by atoms with van der Waals surface area (Å²) in [6, 6.07) is 28.6. The minimum atomic E-state index is -0.596. The molecule has 0 aromatic heterocycles. The monoisotopic (exact) mass is 387 g/mol. The number of rotatable bonds is 6. The van der Waals surface area contributed by atoms with E-state index in [4.69, 9.17) is 0 Å². The standard InChI is InChI=1S/C24H21NO2S/c26-23-21(16-17-28-20-14-8-3-9-15-20)24(27)25(19-12-6-2-7-13-19)22(23)18-10-4-1-5-11-18/h1-15,21-22H,16-17H2. The molecule has 0 radical (unpaired) electrons. The van der Waals surface area contributed by atoms with Gasteiger partial charge in [-0.05, 0) is 42.0 Å². The summed E-state index contributed by atoms with van der Waals surface area (Å²) in [5.41, 5.74) is 1.64. The fourth-order valence-electron chi connectivity index (χ4n) is 3.63. The van der Waals surface area contributed by atoms with Crippen LogP contribution in [0.25, 0.3) is 0 Å². The van der Waals surface area contributed by atoms with Gasteiger partial charge in [0.25, 0.3) is 0 Å². The first-order chi connectivity index (χ1) is 13.8. The Hall–Kier alpha value is -2.85. The maximum atomic E-state index is 13.3. The third kappa shape index (κ3) is 3.73. The second kappa shape index (κ2) is 8.44. The summed E-state index contributed by atoms with van der Waals surface area (Å²) in [6.07, 6.45) is 0.546. The third-order valence-electron chi connectivity index (χ3n) is 4.97. The lowest BCUT2D eigenvalue weighted by Crippen LogP contribution is -2.29. The Bertz CT molecular complexity index is 887. The molecule has 140 valence electrons. The number of carbonyl (C=O) groups excluding carboxylic acids is 2. The zero-order valence-electron chi connectivity index (χ0n) is 15.4. The number of hydrogen-bond acceptors (Lipinski definition) is 3. The van der Waals surface area contributed by atoms with Crippen LogP contribution in [0.1, 0.15) is 18.0 Å². The third-order valence-corrected chi connectivity index (χ3v) is 6.02. The van der Waals surface area contributed by atoms with E-state index in [2.05, 4.69) is 0 Å². The van der Waals surface area contributed by atoms with Gasteiger partial charge in [-0.25, -0.2) is 0 Å². The molecule has 4 heteroatoms. The highest BCUT2D eigenvalue weighted by atomic mass is 32.2. The van der Waals surface area contributed by atoms with Crippen LogP contribution in [0.4, 0.5) is 5.69 Å². The summed E-state index contributed by atoms with van der Waals surface area (Å²) in [5.74, 6) is 0.0325. The van der Waals surface area contributed by atoms with Gasteiger partial charge < -0.3 is 0 Å². The average molecular weight is 388 g/mol. The predicted octanol–water partition coefficient (Wildman–Crippen LogP) is 5.14. The SMILES string of the molecule is O=C1C(CCSc2ccccc2)C(=O)N(c2ccccc2)C1c1ccccc1. The smallest absolute Gasteiger partial charge is 0.238 e. The molecule has 0 spiro atoms. The first-order valence-electron chi connectivity index (χ1n) is 9.40. The van der Waals surface area contributed by atoms with Crippen LogP contribution < -0.4 is 4.90 Å². The van der Waals surface area contributed by atoms with Crippen molar-refractivity contribution in [3.63, 3.8) is 0 Å². The molecule has 2 unspecified atom stereocenters. The number of para-hydroxylation sites is 1. The Labute approximate surface area is 169 Å². The second-order valence-electron chi connectivity index (χ2n) is 6.76. The average Bonchev–Trinajstić information content (AvgIpc) is 3.00. The molecular weight excluding hydrogens is 366 g/mol. The number of anilines is 1. The van der Waals surface area contributed by atoms with Gasteiger partial charge in [0, 0.05) is 10.6 Å². The molecule has 1 fully saturated rings.